The van der Waals surface area contributed by atoms with Gasteiger partial charge in [-0.15, -0.1) is 0 Å². The molecule has 0 aromatic heterocycles. The molecule has 1 N–H and O–H groups in total. The molecule has 1 heterocycles. The average molecular weight is 423 g/mol. The molecule has 0 saturated carbocycles. The summed E-state index contributed by atoms with van der Waals surface area (Å²) in [5.74, 6) is -0.00358. The van der Waals surface area contributed by atoms with Crippen molar-refractivity contribution in [3.05, 3.63) is 52.0 Å². The van der Waals surface area contributed by atoms with Gasteiger partial charge in [-0.2, -0.15) is 0 Å². The second kappa shape index (κ2) is 7.64. The van der Waals surface area contributed by atoms with Crippen LogP contribution in [0.4, 0.5) is 11.4 Å². The topological polar surface area (TPSA) is 75.7 Å². The predicted molar refractivity (Wildman–Crippen MR) is 112 cm³/mol. The molecule has 0 bridgehead atoms. The fourth-order valence-corrected chi connectivity index (χ4v) is 4.57. The number of anilines is 2. The van der Waals surface area contributed by atoms with Crippen LogP contribution in [-0.4, -0.2) is 33.2 Å². The monoisotopic (exact) mass is 422 g/mol. The lowest BCUT2D eigenvalue weighted by atomic mass is 10.0. The number of ether oxygens (including phenoxy) is 1. The molecule has 0 radical (unpaired) electrons. The Morgan fingerprint density at radius 3 is 2.43 bits per heavy atom. The number of hydrogen-bond donors (Lipinski definition) is 1. The Morgan fingerprint density at radius 1 is 1.18 bits per heavy atom. The normalized spacial score (nSPS) is 16.8. The van der Waals surface area contributed by atoms with E-state index in [4.69, 9.17) is 16.3 Å². The van der Waals surface area contributed by atoms with Crippen LogP contribution in [0.15, 0.2) is 30.3 Å². The van der Waals surface area contributed by atoms with Gasteiger partial charge in [0.05, 0.1) is 11.9 Å². The van der Waals surface area contributed by atoms with Crippen molar-refractivity contribution in [3.8, 4) is 5.75 Å². The molecule has 1 aliphatic heterocycles. The van der Waals surface area contributed by atoms with E-state index in [1.807, 2.05) is 32.9 Å². The molecule has 28 heavy (non-hydrogen) atoms. The molecule has 0 spiro atoms. The van der Waals surface area contributed by atoms with Crippen LogP contribution in [0.1, 0.15) is 23.1 Å². The third-order valence-electron chi connectivity index (χ3n) is 4.67. The molecule has 8 heteroatoms. The second-order valence-electron chi connectivity index (χ2n) is 7.11. The quantitative estimate of drug-likeness (QED) is 0.815. The van der Waals surface area contributed by atoms with Gasteiger partial charge in [-0.1, -0.05) is 29.3 Å². The Bertz CT molecular complexity index is 1010. The zero-order valence-electron chi connectivity index (χ0n) is 16.2. The molecule has 1 aliphatic rings. The number of carbonyl (C=O) groups is 1. The number of sulfonamides is 1. The fraction of sp³-hybridized carbons (Fsp3) is 0.350. The lowest BCUT2D eigenvalue weighted by Gasteiger charge is -2.21. The summed E-state index contributed by atoms with van der Waals surface area (Å²) < 4.78 is 31.6. The van der Waals surface area contributed by atoms with Crippen molar-refractivity contribution in [3.63, 3.8) is 0 Å². The maximum Gasteiger partial charge on any atom is 0.265 e. The molecule has 1 atom stereocenters. The van der Waals surface area contributed by atoms with E-state index in [0.29, 0.717) is 16.5 Å². The molecule has 2 aromatic rings. The number of carbonyl (C=O) groups excluding carboxylic acids is 1. The van der Waals surface area contributed by atoms with Crippen molar-refractivity contribution in [1.29, 1.82) is 0 Å². The number of fused-ring (bicyclic) bond motifs is 1. The van der Waals surface area contributed by atoms with Crippen LogP contribution < -0.4 is 14.4 Å². The predicted octanol–water partition coefficient (Wildman–Crippen LogP) is 3.82. The number of benzene rings is 2. The van der Waals surface area contributed by atoms with Gasteiger partial charge >= 0.3 is 0 Å². The number of aryl methyl sites for hydroxylation is 3. The summed E-state index contributed by atoms with van der Waals surface area (Å²) in [6, 6.07) is 8.73. The van der Waals surface area contributed by atoms with Crippen LogP contribution in [0.3, 0.4) is 0 Å². The first-order chi connectivity index (χ1) is 13.1. The summed E-state index contributed by atoms with van der Waals surface area (Å²) >= 11 is 6.04. The van der Waals surface area contributed by atoms with Crippen LogP contribution >= 0.6 is 11.6 Å². The first-order valence-corrected chi connectivity index (χ1v) is 11.1. The Balaban J connectivity index is 1.91. The van der Waals surface area contributed by atoms with Gasteiger partial charge in [0.2, 0.25) is 10.0 Å². The molecule has 0 aliphatic carbocycles. The molecule has 3 rings (SSSR count). The SMILES string of the molecule is Cc1cc(C)c(NC(=O)[C@H]2CCN(S(C)(=O)=O)c3cc(Cl)ccc3O2)c(C)c1. The van der Waals surface area contributed by atoms with Gasteiger partial charge in [0.25, 0.3) is 5.91 Å². The molecule has 6 nitrogen and oxygen atoms in total. The van der Waals surface area contributed by atoms with E-state index < -0.39 is 16.1 Å². The third kappa shape index (κ3) is 4.25. The van der Waals surface area contributed by atoms with Crippen molar-refractivity contribution in [2.45, 2.75) is 33.3 Å². The van der Waals surface area contributed by atoms with Gasteiger partial charge in [0.1, 0.15) is 5.75 Å². The minimum Gasteiger partial charge on any atom is -0.478 e. The zero-order valence-corrected chi connectivity index (χ0v) is 17.8. The summed E-state index contributed by atoms with van der Waals surface area (Å²) in [6.45, 7) is 6.00. The highest BCUT2D eigenvalue weighted by Gasteiger charge is 2.31. The smallest absolute Gasteiger partial charge is 0.265 e. The number of halogens is 1. The minimum atomic E-state index is -3.54. The summed E-state index contributed by atoms with van der Waals surface area (Å²) in [4.78, 5) is 12.9. The zero-order chi connectivity index (χ0) is 20.6. The number of nitrogens with one attached hydrogen (secondary N) is 1. The average Bonchev–Trinajstić information content (AvgIpc) is 2.76. The highest BCUT2D eigenvalue weighted by Crippen LogP contribution is 2.36. The van der Waals surface area contributed by atoms with E-state index in [2.05, 4.69) is 5.32 Å². The highest BCUT2D eigenvalue weighted by atomic mass is 35.5. The molecule has 0 fully saturated rings. The van der Waals surface area contributed by atoms with Crippen molar-refractivity contribution in [2.24, 2.45) is 0 Å². The van der Waals surface area contributed by atoms with Gasteiger partial charge in [0, 0.05) is 23.7 Å². The second-order valence-corrected chi connectivity index (χ2v) is 9.45. The Labute approximate surface area is 170 Å². The summed E-state index contributed by atoms with van der Waals surface area (Å²) in [7, 11) is -3.54. The van der Waals surface area contributed by atoms with E-state index in [1.54, 1.807) is 12.1 Å². The highest BCUT2D eigenvalue weighted by molar-refractivity contribution is 7.92. The van der Waals surface area contributed by atoms with Gasteiger partial charge in [-0.25, -0.2) is 8.42 Å². The van der Waals surface area contributed by atoms with Crippen molar-refractivity contribution < 1.29 is 17.9 Å². The maximum atomic E-state index is 12.9. The maximum absolute atomic E-state index is 12.9. The standard InChI is InChI=1S/C20H23ClN2O4S/c1-12-9-13(2)19(14(3)10-12)22-20(24)18-7-8-23(28(4,25)26)16-11-15(21)5-6-17(16)27-18/h5-6,9-11,18H,7-8H2,1-4H3,(H,22,24)/t18-/m1/s1. The van der Waals surface area contributed by atoms with E-state index >= 15 is 0 Å². The lowest BCUT2D eigenvalue weighted by molar-refractivity contribution is -0.122. The number of nitrogens with zero attached hydrogens (tertiary/aromatic N) is 1. The largest absolute Gasteiger partial charge is 0.478 e. The molecule has 150 valence electrons. The molecule has 0 unspecified atom stereocenters. The molecule has 1 amide bonds. The van der Waals surface area contributed by atoms with E-state index in [-0.39, 0.29) is 18.9 Å². The molecule has 0 saturated heterocycles. The van der Waals surface area contributed by atoms with E-state index in [0.717, 1.165) is 28.6 Å². The van der Waals surface area contributed by atoms with Gasteiger partial charge < -0.3 is 10.1 Å². The van der Waals surface area contributed by atoms with Crippen LogP contribution in [0, 0.1) is 20.8 Å². The summed E-state index contributed by atoms with van der Waals surface area (Å²) in [5, 5.41) is 3.33. The Hall–Kier alpha value is -2.25. The third-order valence-corrected chi connectivity index (χ3v) is 6.09. The van der Waals surface area contributed by atoms with Gasteiger partial charge in [-0.05, 0) is 50.1 Å². The van der Waals surface area contributed by atoms with Crippen molar-refractivity contribution in [1.82, 2.24) is 0 Å². The Kier molecular flexibility index (Phi) is 5.59. The number of rotatable bonds is 3. The number of amides is 1. The number of hydrogen-bond acceptors (Lipinski definition) is 4. The molecule has 2 aromatic carbocycles. The first-order valence-electron chi connectivity index (χ1n) is 8.89. The summed E-state index contributed by atoms with van der Waals surface area (Å²) in [6.07, 6.45) is 0.512. The van der Waals surface area contributed by atoms with E-state index in [9.17, 15) is 13.2 Å². The van der Waals surface area contributed by atoms with Crippen molar-refractivity contribution in [2.75, 3.05) is 22.4 Å². The molecular formula is C20H23ClN2O4S. The van der Waals surface area contributed by atoms with E-state index in [1.165, 1.54) is 10.4 Å². The summed E-state index contributed by atoms with van der Waals surface area (Å²) in [5.41, 5.74) is 4.13. The van der Waals surface area contributed by atoms with Crippen LogP contribution in [0.25, 0.3) is 0 Å². The Morgan fingerprint density at radius 2 is 1.82 bits per heavy atom. The van der Waals surface area contributed by atoms with Crippen LogP contribution in [-0.2, 0) is 14.8 Å². The van der Waals surface area contributed by atoms with Crippen LogP contribution in [0.2, 0.25) is 5.02 Å². The fourth-order valence-electron chi connectivity index (χ4n) is 3.46. The van der Waals surface area contributed by atoms with Gasteiger partial charge in [0.15, 0.2) is 6.10 Å². The van der Waals surface area contributed by atoms with Crippen molar-refractivity contribution >= 4 is 38.9 Å². The van der Waals surface area contributed by atoms with Gasteiger partial charge in [-0.3, -0.25) is 9.10 Å². The first kappa shape index (κ1) is 20.5. The lowest BCUT2D eigenvalue weighted by Crippen LogP contribution is -2.36. The minimum absolute atomic E-state index is 0.121. The van der Waals surface area contributed by atoms with Crippen LogP contribution in [0.5, 0.6) is 5.75 Å². The molecular weight excluding hydrogens is 400 g/mol.